The predicted octanol–water partition coefficient (Wildman–Crippen LogP) is -1.59. The van der Waals surface area contributed by atoms with E-state index < -0.39 is 12.3 Å². The van der Waals surface area contributed by atoms with Crippen LogP contribution in [0.15, 0.2) is 0 Å². The summed E-state index contributed by atoms with van der Waals surface area (Å²) in [5.41, 5.74) is 0. The molecule has 5 nitrogen and oxygen atoms in total. The van der Waals surface area contributed by atoms with E-state index in [-0.39, 0.29) is 88.7 Å². The molecule has 0 aromatic heterocycles. The molecule has 0 fully saturated rings. The molecule has 0 heterocycles. The molecular formula is C2H5Na3O5. The molecule has 0 aliphatic heterocycles. The van der Waals surface area contributed by atoms with Crippen LogP contribution in [0.2, 0.25) is 0 Å². The fourth-order valence-corrected chi connectivity index (χ4v) is 0.0747. The molecule has 0 aliphatic carbocycles. The molecule has 0 bridgehead atoms. The van der Waals surface area contributed by atoms with Gasteiger partial charge in [0.05, 0.1) is 0 Å². The minimum atomic E-state index is -1.81. The predicted molar refractivity (Wildman–Crippen MR) is 38.6 cm³/mol. The van der Waals surface area contributed by atoms with Gasteiger partial charge in [0, 0.05) is 0 Å². The average Bonchev–Trinajstić information content (AvgIpc) is 1.27. The SMILES string of the molecule is O=C(O)OC(=O)O.[NaH].[NaH].[NaH]. The Morgan fingerprint density at radius 2 is 1.10 bits per heavy atom. The second kappa shape index (κ2) is 13.3. The number of rotatable bonds is 0. The van der Waals surface area contributed by atoms with Crippen LogP contribution in [-0.4, -0.2) is 111 Å². The van der Waals surface area contributed by atoms with Gasteiger partial charge in [-0.1, -0.05) is 0 Å². The molecule has 0 amide bonds. The molecule has 2 N–H and O–H groups in total. The van der Waals surface area contributed by atoms with E-state index in [4.69, 9.17) is 10.2 Å². The Morgan fingerprint density at radius 1 is 0.900 bits per heavy atom. The molecule has 0 unspecified atom stereocenters. The fourth-order valence-electron chi connectivity index (χ4n) is 0.0747. The summed E-state index contributed by atoms with van der Waals surface area (Å²) in [6.07, 6.45) is -3.62. The van der Waals surface area contributed by atoms with Gasteiger partial charge in [-0.25, -0.2) is 9.59 Å². The van der Waals surface area contributed by atoms with Crippen LogP contribution >= 0.6 is 0 Å². The Bertz CT molecular complexity index is 91.1. The molecular weight excluding hydrogens is 173 g/mol. The normalized spacial score (nSPS) is 5.20. The van der Waals surface area contributed by atoms with E-state index in [2.05, 4.69) is 4.74 Å². The van der Waals surface area contributed by atoms with Gasteiger partial charge in [-0.05, 0) is 0 Å². The first kappa shape index (κ1) is 22.6. The van der Waals surface area contributed by atoms with Crippen LogP contribution in [0, 0.1) is 0 Å². The van der Waals surface area contributed by atoms with E-state index in [9.17, 15) is 9.59 Å². The van der Waals surface area contributed by atoms with Crippen LogP contribution < -0.4 is 0 Å². The summed E-state index contributed by atoms with van der Waals surface area (Å²) in [5, 5.41) is 15.0. The Hall–Kier alpha value is 1.74. The molecule has 46 valence electrons. The molecule has 0 saturated carbocycles. The average molecular weight is 178 g/mol. The van der Waals surface area contributed by atoms with Crippen LogP contribution in [0.3, 0.4) is 0 Å². The van der Waals surface area contributed by atoms with Gasteiger partial charge < -0.3 is 14.9 Å². The van der Waals surface area contributed by atoms with Gasteiger partial charge in [0.1, 0.15) is 0 Å². The van der Waals surface area contributed by atoms with E-state index in [0.29, 0.717) is 0 Å². The molecule has 0 aromatic carbocycles. The van der Waals surface area contributed by atoms with Crippen molar-refractivity contribution < 1.29 is 24.5 Å². The van der Waals surface area contributed by atoms with Crippen molar-refractivity contribution >= 4 is 101 Å². The fraction of sp³-hybridized carbons (Fsp3) is 0. The Morgan fingerprint density at radius 3 is 1.10 bits per heavy atom. The summed E-state index contributed by atoms with van der Waals surface area (Å²) >= 11 is 0. The van der Waals surface area contributed by atoms with Gasteiger partial charge in [-0.2, -0.15) is 0 Å². The van der Waals surface area contributed by atoms with E-state index in [0.717, 1.165) is 0 Å². The van der Waals surface area contributed by atoms with E-state index in [1.54, 1.807) is 0 Å². The molecule has 0 atom stereocenters. The zero-order valence-corrected chi connectivity index (χ0v) is 3.12. The molecule has 0 saturated heterocycles. The first-order valence-corrected chi connectivity index (χ1v) is 1.26. The summed E-state index contributed by atoms with van der Waals surface area (Å²) in [6.45, 7) is 0. The molecule has 10 heavy (non-hydrogen) atoms. The van der Waals surface area contributed by atoms with Gasteiger partial charge in [0.15, 0.2) is 0 Å². The molecule has 0 radical (unpaired) electrons. The van der Waals surface area contributed by atoms with Crippen LogP contribution in [0.5, 0.6) is 0 Å². The number of hydrogen-bond donors (Lipinski definition) is 2. The van der Waals surface area contributed by atoms with Gasteiger partial charge in [-0.15, -0.1) is 0 Å². The van der Waals surface area contributed by atoms with Gasteiger partial charge in [0.2, 0.25) is 0 Å². The third-order valence-electron chi connectivity index (χ3n) is 0.175. The Labute approximate surface area is 123 Å². The number of ether oxygens (including phenoxy) is 1. The van der Waals surface area contributed by atoms with Crippen molar-refractivity contribution in [3.8, 4) is 0 Å². The zero-order valence-electron chi connectivity index (χ0n) is 3.12. The standard InChI is InChI=1S/C2H2O5.3Na.3H/c3-1(4)7-2(5)6;;;;;;/h(H,3,4)(H,5,6);;;;;;. The number of carbonyl (C=O) groups is 2. The quantitative estimate of drug-likeness (QED) is 0.265. The van der Waals surface area contributed by atoms with Crippen molar-refractivity contribution in [1.82, 2.24) is 0 Å². The summed E-state index contributed by atoms with van der Waals surface area (Å²) < 4.78 is 3.08. The van der Waals surface area contributed by atoms with Crippen molar-refractivity contribution in [3.63, 3.8) is 0 Å². The molecule has 0 aliphatic rings. The first-order chi connectivity index (χ1) is 3.13. The Balaban J connectivity index is -0.0000000600. The van der Waals surface area contributed by atoms with Gasteiger partial charge in [0.25, 0.3) is 0 Å². The van der Waals surface area contributed by atoms with Crippen LogP contribution in [0.1, 0.15) is 0 Å². The van der Waals surface area contributed by atoms with Crippen molar-refractivity contribution in [2.45, 2.75) is 0 Å². The monoisotopic (exact) mass is 178 g/mol. The third kappa shape index (κ3) is 22.6. The summed E-state index contributed by atoms with van der Waals surface area (Å²) in [7, 11) is 0. The first-order valence-electron chi connectivity index (χ1n) is 1.26. The van der Waals surface area contributed by atoms with E-state index in [1.165, 1.54) is 0 Å². The molecule has 8 heteroatoms. The van der Waals surface area contributed by atoms with Crippen LogP contribution in [0.4, 0.5) is 9.59 Å². The second-order valence-corrected chi connectivity index (χ2v) is 0.634. The topological polar surface area (TPSA) is 83.8 Å². The molecule has 0 rings (SSSR count). The van der Waals surface area contributed by atoms with Crippen molar-refractivity contribution in [2.75, 3.05) is 0 Å². The van der Waals surface area contributed by atoms with E-state index >= 15 is 0 Å². The second-order valence-electron chi connectivity index (χ2n) is 0.634. The van der Waals surface area contributed by atoms with Gasteiger partial charge in [-0.3, -0.25) is 0 Å². The molecule has 0 aromatic rings. The minimum absolute atomic E-state index is 0. The zero-order chi connectivity index (χ0) is 5.86. The summed E-state index contributed by atoms with van der Waals surface area (Å²) in [5.74, 6) is 0. The Kier molecular flexibility index (Phi) is 30.2. The van der Waals surface area contributed by atoms with Crippen molar-refractivity contribution in [1.29, 1.82) is 0 Å². The molecule has 0 spiro atoms. The summed E-state index contributed by atoms with van der Waals surface area (Å²) in [6, 6.07) is 0. The third-order valence-corrected chi connectivity index (χ3v) is 0.175. The van der Waals surface area contributed by atoms with Crippen molar-refractivity contribution in [3.05, 3.63) is 0 Å². The number of hydrogen-bond acceptors (Lipinski definition) is 3. The van der Waals surface area contributed by atoms with E-state index in [1.807, 2.05) is 0 Å². The van der Waals surface area contributed by atoms with Gasteiger partial charge >= 0.3 is 101 Å². The van der Waals surface area contributed by atoms with Crippen molar-refractivity contribution in [2.24, 2.45) is 0 Å². The van der Waals surface area contributed by atoms with Crippen LogP contribution in [-0.2, 0) is 4.74 Å². The number of carboxylic acid groups (broad SMARTS) is 2. The summed E-state index contributed by atoms with van der Waals surface area (Å²) in [4.78, 5) is 18.4. The maximum absolute atomic E-state index is 9.21. The van der Waals surface area contributed by atoms with Crippen LogP contribution in [0.25, 0.3) is 0 Å². The maximum atomic E-state index is 9.21.